The molecule has 2 rings (SSSR count). The fourth-order valence-electron chi connectivity index (χ4n) is 2.22. The average Bonchev–Trinajstić information content (AvgIpc) is 2.74. The Morgan fingerprint density at radius 3 is 2.71 bits per heavy atom. The van der Waals surface area contributed by atoms with Crippen molar-refractivity contribution in [3.8, 4) is 0 Å². The molecule has 1 aliphatic rings. The van der Waals surface area contributed by atoms with Crippen LogP contribution in [0, 0.1) is 6.92 Å². The van der Waals surface area contributed by atoms with Crippen LogP contribution in [-0.2, 0) is 16.6 Å². The molecule has 0 aliphatic heterocycles. The second-order valence-electron chi connectivity index (χ2n) is 4.64. The summed E-state index contributed by atoms with van der Waals surface area (Å²) in [4.78, 5) is 7.09. The summed E-state index contributed by atoms with van der Waals surface area (Å²) in [6.45, 7) is 2.15. The molecule has 0 saturated heterocycles. The highest BCUT2D eigenvalue weighted by Gasteiger charge is 2.26. The molecule has 1 saturated carbocycles. The van der Waals surface area contributed by atoms with Crippen LogP contribution < -0.4 is 4.72 Å². The summed E-state index contributed by atoms with van der Waals surface area (Å²) in [6.07, 6.45) is 6.46. The number of hydrogen-bond donors (Lipinski definition) is 2. The molecular weight excluding hydrogens is 238 g/mol. The van der Waals surface area contributed by atoms with Gasteiger partial charge in [-0.15, -0.1) is 0 Å². The number of nitrogens with zero attached hydrogens (tertiary/aromatic N) is 1. The van der Waals surface area contributed by atoms with Crippen molar-refractivity contribution in [3.63, 3.8) is 0 Å². The average molecular weight is 257 g/mol. The molecule has 1 aliphatic carbocycles. The van der Waals surface area contributed by atoms with Crippen LogP contribution in [-0.4, -0.2) is 23.6 Å². The first-order valence-electron chi connectivity index (χ1n) is 6.07. The molecule has 96 valence electrons. The second kappa shape index (κ2) is 5.18. The maximum atomic E-state index is 12.0. The Balaban J connectivity index is 1.92. The van der Waals surface area contributed by atoms with Crippen molar-refractivity contribution in [3.05, 3.63) is 17.7 Å². The van der Waals surface area contributed by atoms with E-state index in [2.05, 4.69) is 14.7 Å². The summed E-state index contributed by atoms with van der Waals surface area (Å²) in [5, 5.41) is -0.215. The molecule has 5 nitrogen and oxygen atoms in total. The Morgan fingerprint density at radius 1 is 1.41 bits per heavy atom. The number of nitrogens with one attached hydrogen (secondary N) is 2. The third-order valence-electron chi connectivity index (χ3n) is 3.19. The van der Waals surface area contributed by atoms with Gasteiger partial charge in [0.25, 0.3) is 0 Å². The van der Waals surface area contributed by atoms with Crippen molar-refractivity contribution in [1.82, 2.24) is 14.7 Å². The molecular formula is C11H19N3O2S. The van der Waals surface area contributed by atoms with Crippen molar-refractivity contribution in [2.75, 3.05) is 0 Å². The summed E-state index contributed by atoms with van der Waals surface area (Å²) >= 11 is 0. The summed E-state index contributed by atoms with van der Waals surface area (Å²) < 4.78 is 26.7. The van der Waals surface area contributed by atoms with Gasteiger partial charge in [-0.3, -0.25) is 0 Å². The van der Waals surface area contributed by atoms with Crippen LogP contribution in [0.2, 0.25) is 0 Å². The Kier molecular flexibility index (Phi) is 3.83. The van der Waals surface area contributed by atoms with Gasteiger partial charge in [-0.25, -0.2) is 18.1 Å². The maximum Gasteiger partial charge on any atom is 0.214 e. The molecule has 17 heavy (non-hydrogen) atoms. The van der Waals surface area contributed by atoms with Gasteiger partial charge in [0, 0.05) is 11.9 Å². The molecule has 0 spiro atoms. The van der Waals surface area contributed by atoms with Crippen LogP contribution in [0.25, 0.3) is 0 Å². The Hall–Kier alpha value is -0.880. The number of imidazole rings is 1. The molecule has 1 heterocycles. The van der Waals surface area contributed by atoms with Crippen LogP contribution in [0.15, 0.2) is 6.20 Å². The smallest absolute Gasteiger partial charge is 0.214 e. The van der Waals surface area contributed by atoms with E-state index >= 15 is 0 Å². The molecule has 0 amide bonds. The maximum absolute atomic E-state index is 12.0. The topological polar surface area (TPSA) is 74.8 Å². The second-order valence-corrected chi connectivity index (χ2v) is 6.68. The molecule has 1 fully saturated rings. The lowest BCUT2D eigenvalue weighted by Gasteiger charge is -2.21. The van der Waals surface area contributed by atoms with E-state index < -0.39 is 10.0 Å². The first-order chi connectivity index (χ1) is 8.08. The fraction of sp³-hybridized carbons (Fsp3) is 0.727. The van der Waals surface area contributed by atoms with E-state index in [1.165, 1.54) is 0 Å². The summed E-state index contributed by atoms with van der Waals surface area (Å²) in [5.41, 5.74) is 0.942. The van der Waals surface area contributed by atoms with Gasteiger partial charge in [0.1, 0.15) is 5.82 Å². The molecule has 0 bridgehead atoms. The van der Waals surface area contributed by atoms with E-state index in [-0.39, 0.29) is 11.8 Å². The highest BCUT2D eigenvalue weighted by molar-refractivity contribution is 7.90. The first-order valence-corrected chi connectivity index (χ1v) is 7.61. The van der Waals surface area contributed by atoms with Gasteiger partial charge in [-0.1, -0.05) is 19.3 Å². The zero-order chi connectivity index (χ0) is 12.3. The largest absolute Gasteiger partial charge is 0.345 e. The van der Waals surface area contributed by atoms with Crippen molar-refractivity contribution in [1.29, 1.82) is 0 Å². The molecule has 1 aromatic rings. The summed E-state index contributed by atoms with van der Waals surface area (Å²) in [6, 6.07) is 0. The van der Waals surface area contributed by atoms with Gasteiger partial charge in [-0.05, 0) is 19.8 Å². The van der Waals surface area contributed by atoms with Crippen LogP contribution in [0.1, 0.15) is 43.6 Å². The van der Waals surface area contributed by atoms with Gasteiger partial charge in [0.05, 0.1) is 11.8 Å². The lowest BCUT2D eigenvalue weighted by molar-refractivity contribution is 0.477. The highest BCUT2D eigenvalue weighted by Crippen LogP contribution is 2.23. The molecule has 2 N–H and O–H groups in total. The van der Waals surface area contributed by atoms with E-state index in [0.29, 0.717) is 5.82 Å². The number of sulfonamides is 1. The first kappa shape index (κ1) is 12.6. The van der Waals surface area contributed by atoms with E-state index in [1.54, 1.807) is 6.20 Å². The van der Waals surface area contributed by atoms with Gasteiger partial charge in [-0.2, -0.15) is 0 Å². The zero-order valence-corrected chi connectivity index (χ0v) is 10.9. The molecule has 0 aromatic carbocycles. The third kappa shape index (κ3) is 3.29. The van der Waals surface area contributed by atoms with Gasteiger partial charge >= 0.3 is 0 Å². The van der Waals surface area contributed by atoms with Gasteiger partial charge in [0.2, 0.25) is 10.0 Å². The number of aromatic amines is 1. The van der Waals surface area contributed by atoms with Crippen LogP contribution in [0.5, 0.6) is 0 Å². The van der Waals surface area contributed by atoms with Gasteiger partial charge in [0.15, 0.2) is 0 Å². The predicted molar refractivity (Wildman–Crippen MR) is 66.0 cm³/mol. The van der Waals surface area contributed by atoms with E-state index in [0.717, 1.165) is 37.8 Å². The number of hydrogen-bond acceptors (Lipinski definition) is 3. The standard InChI is InChI=1S/C11H19N3O2S/c1-9-7-12-11(14-9)8-13-17(15,16)10-5-3-2-4-6-10/h7,10,13H,2-6,8H2,1H3,(H,12,14). The van der Waals surface area contributed by atoms with E-state index in [1.807, 2.05) is 6.92 Å². The highest BCUT2D eigenvalue weighted by atomic mass is 32.2. The van der Waals surface area contributed by atoms with Crippen LogP contribution >= 0.6 is 0 Å². The lowest BCUT2D eigenvalue weighted by Crippen LogP contribution is -2.35. The van der Waals surface area contributed by atoms with Crippen LogP contribution in [0.3, 0.4) is 0 Å². The van der Waals surface area contributed by atoms with Crippen molar-refractivity contribution >= 4 is 10.0 Å². The Morgan fingerprint density at radius 2 is 2.12 bits per heavy atom. The number of aryl methyl sites for hydroxylation is 1. The lowest BCUT2D eigenvalue weighted by atomic mass is 10.0. The Labute approximate surface area is 102 Å². The molecule has 0 unspecified atom stereocenters. The number of rotatable bonds is 4. The van der Waals surface area contributed by atoms with Crippen LogP contribution in [0.4, 0.5) is 0 Å². The Bertz CT molecular complexity index is 461. The van der Waals surface area contributed by atoms with Crippen molar-refractivity contribution < 1.29 is 8.42 Å². The quantitative estimate of drug-likeness (QED) is 0.857. The van der Waals surface area contributed by atoms with E-state index in [4.69, 9.17) is 0 Å². The van der Waals surface area contributed by atoms with Crippen molar-refractivity contribution in [2.24, 2.45) is 0 Å². The molecule has 1 aromatic heterocycles. The number of aromatic nitrogens is 2. The van der Waals surface area contributed by atoms with E-state index in [9.17, 15) is 8.42 Å². The molecule has 0 radical (unpaired) electrons. The predicted octanol–water partition coefficient (Wildman–Crippen LogP) is 1.47. The van der Waals surface area contributed by atoms with Gasteiger partial charge < -0.3 is 4.98 Å². The zero-order valence-electron chi connectivity index (χ0n) is 10.1. The monoisotopic (exact) mass is 257 g/mol. The third-order valence-corrected chi connectivity index (χ3v) is 5.08. The SMILES string of the molecule is Cc1cnc(CNS(=O)(=O)C2CCCCC2)[nH]1. The minimum Gasteiger partial charge on any atom is -0.345 e. The normalized spacial score (nSPS) is 18.4. The molecule has 6 heteroatoms. The summed E-state index contributed by atoms with van der Waals surface area (Å²) in [5.74, 6) is 0.668. The minimum absolute atomic E-state index is 0.215. The van der Waals surface area contributed by atoms with Crippen molar-refractivity contribution in [2.45, 2.75) is 50.8 Å². The summed E-state index contributed by atoms with van der Waals surface area (Å²) in [7, 11) is -3.18. The number of H-pyrrole nitrogens is 1. The fourth-order valence-corrected chi connectivity index (χ4v) is 3.75. The minimum atomic E-state index is -3.18. The molecule has 0 atom stereocenters.